The lowest BCUT2D eigenvalue weighted by molar-refractivity contribution is 1.14. The first-order chi connectivity index (χ1) is 27.3. The topological polar surface area (TPSA) is 4.93 Å². The summed E-state index contributed by atoms with van der Waals surface area (Å²) in [6, 6.07) is 78.0. The van der Waals surface area contributed by atoms with E-state index in [1.54, 1.807) is 0 Å². The minimum Gasteiger partial charge on any atom is -0.309 e. The third kappa shape index (κ3) is 5.09. The molecular formula is C54H35N. The Morgan fingerprint density at radius 1 is 0.255 bits per heavy atom. The van der Waals surface area contributed by atoms with Gasteiger partial charge in [0.25, 0.3) is 0 Å². The van der Waals surface area contributed by atoms with Gasteiger partial charge in [-0.15, -0.1) is 0 Å². The van der Waals surface area contributed by atoms with Crippen LogP contribution in [-0.4, -0.2) is 4.57 Å². The second-order valence-corrected chi connectivity index (χ2v) is 14.5. The van der Waals surface area contributed by atoms with Crippen molar-refractivity contribution in [3.05, 3.63) is 212 Å². The van der Waals surface area contributed by atoms with Crippen LogP contribution in [0, 0.1) is 0 Å². The number of fused-ring (bicyclic) bond motifs is 5. The van der Waals surface area contributed by atoms with Gasteiger partial charge in [0, 0.05) is 16.6 Å². The number of hydrogen-bond donors (Lipinski definition) is 0. The molecule has 1 heteroatoms. The average molecular weight is 698 g/mol. The Morgan fingerprint density at radius 2 is 0.709 bits per heavy atom. The van der Waals surface area contributed by atoms with Crippen molar-refractivity contribution in [1.82, 2.24) is 4.57 Å². The molecule has 1 aromatic heterocycles. The van der Waals surface area contributed by atoms with Crippen molar-refractivity contribution in [3.63, 3.8) is 0 Å². The van der Waals surface area contributed by atoms with E-state index in [-0.39, 0.29) is 0 Å². The SMILES string of the molecule is c1ccc(-c2c(-c3ccccc3)n(-c3ccccc3)c3cc4c(-c5ccc6ccccc6c5)c5ccccc5c(-c5ccc6ccccc6c5)c4cc23)cc1. The second kappa shape index (κ2) is 12.7. The Bertz CT molecular complexity index is 3030. The molecule has 0 saturated carbocycles. The highest BCUT2D eigenvalue weighted by Gasteiger charge is 2.25. The molecule has 0 aliphatic heterocycles. The van der Waals surface area contributed by atoms with Gasteiger partial charge < -0.3 is 4.57 Å². The Hall–Kier alpha value is -7.22. The van der Waals surface area contributed by atoms with Gasteiger partial charge in [0.1, 0.15) is 0 Å². The molecule has 0 bridgehead atoms. The quantitative estimate of drug-likeness (QED) is 0.158. The summed E-state index contributed by atoms with van der Waals surface area (Å²) in [5, 5.41) is 11.2. The molecule has 0 fully saturated rings. The summed E-state index contributed by atoms with van der Waals surface area (Å²) in [6.45, 7) is 0. The minimum absolute atomic E-state index is 1.13. The van der Waals surface area contributed by atoms with Crippen molar-refractivity contribution in [1.29, 1.82) is 0 Å². The van der Waals surface area contributed by atoms with Crippen LogP contribution >= 0.6 is 0 Å². The fourth-order valence-electron chi connectivity index (χ4n) is 8.88. The Labute approximate surface area is 320 Å². The summed E-state index contributed by atoms with van der Waals surface area (Å²) in [7, 11) is 0. The van der Waals surface area contributed by atoms with E-state index in [0.29, 0.717) is 0 Å². The second-order valence-electron chi connectivity index (χ2n) is 14.5. The molecule has 0 atom stereocenters. The highest BCUT2D eigenvalue weighted by Crippen LogP contribution is 2.49. The minimum atomic E-state index is 1.13. The molecule has 55 heavy (non-hydrogen) atoms. The largest absolute Gasteiger partial charge is 0.309 e. The number of hydrogen-bond acceptors (Lipinski definition) is 0. The molecule has 256 valence electrons. The molecule has 0 spiro atoms. The Balaban J connectivity index is 1.38. The molecule has 0 aliphatic rings. The zero-order valence-electron chi connectivity index (χ0n) is 30.2. The van der Waals surface area contributed by atoms with E-state index in [4.69, 9.17) is 0 Å². The normalized spacial score (nSPS) is 11.6. The van der Waals surface area contributed by atoms with Crippen LogP contribution in [0.1, 0.15) is 0 Å². The predicted molar refractivity (Wildman–Crippen MR) is 235 cm³/mol. The average Bonchev–Trinajstić information content (AvgIpc) is 3.59. The lowest BCUT2D eigenvalue weighted by Gasteiger charge is -2.19. The van der Waals surface area contributed by atoms with Crippen molar-refractivity contribution < 1.29 is 0 Å². The summed E-state index contributed by atoms with van der Waals surface area (Å²) < 4.78 is 2.49. The molecule has 0 unspecified atom stereocenters. The van der Waals surface area contributed by atoms with E-state index in [1.807, 2.05) is 0 Å². The summed E-state index contributed by atoms with van der Waals surface area (Å²) in [6.07, 6.45) is 0. The lowest BCUT2D eigenvalue weighted by Crippen LogP contribution is -1.97. The maximum Gasteiger partial charge on any atom is 0.0619 e. The van der Waals surface area contributed by atoms with Gasteiger partial charge in [-0.25, -0.2) is 0 Å². The first kappa shape index (κ1) is 31.3. The van der Waals surface area contributed by atoms with Crippen LogP contribution in [0.3, 0.4) is 0 Å². The van der Waals surface area contributed by atoms with Gasteiger partial charge in [0.15, 0.2) is 0 Å². The maximum atomic E-state index is 2.50. The molecule has 0 N–H and O–H groups in total. The molecular weight excluding hydrogens is 663 g/mol. The van der Waals surface area contributed by atoms with E-state index >= 15 is 0 Å². The molecule has 1 heterocycles. The molecule has 10 aromatic carbocycles. The van der Waals surface area contributed by atoms with Crippen molar-refractivity contribution in [2.45, 2.75) is 0 Å². The van der Waals surface area contributed by atoms with Gasteiger partial charge >= 0.3 is 0 Å². The summed E-state index contributed by atoms with van der Waals surface area (Å²) >= 11 is 0. The third-order valence-electron chi connectivity index (χ3n) is 11.3. The molecule has 11 aromatic rings. The summed E-state index contributed by atoms with van der Waals surface area (Å²) in [4.78, 5) is 0. The number of nitrogens with zero attached hydrogens (tertiary/aromatic N) is 1. The van der Waals surface area contributed by atoms with Crippen LogP contribution in [0.4, 0.5) is 0 Å². The van der Waals surface area contributed by atoms with E-state index in [1.165, 1.54) is 98.6 Å². The van der Waals surface area contributed by atoms with Gasteiger partial charge in [0.2, 0.25) is 0 Å². The first-order valence-corrected chi connectivity index (χ1v) is 19.0. The van der Waals surface area contributed by atoms with Gasteiger partial charge in [0.05, 0.1) is 11.2 Å². The maximum absolute atomic E-state index is 2.50. The third-order valence-corrected chi connectivity index (χ3v) is 11.3. The van der Waals surface area contributed by atoms with Crippen molar-refractivity contribution >= 4 is 54.0 Å². The number of para-hydroxylation sites is 1. The Morgan fingerprint density at radius 3 is 1.27 bits per heavy atom. The van der Waals surface area contributed by atoms with Crippen molar-refractivity contribution in [2.75, 3.05) is 0 Å². The molecule has 0 amide bonds. The fourth-order valence-corrected chi connectivity index (χ4v) is 8.88. The smallest absolute Gasteiger partial charge is 0.0619 e. The summed E-state index contributed by atoms with van der Waals surface area (Å²) in [5.74, 6) is 0. The van der Waals surface area contributed by atoms with Gasteiger partial charge in [-0.05, 0) is 113 Å². The van der Waals surface area contributed by atoms with Gasteiger partial charge in [-0.2, -0.15) is 0 Å². The van der Waals surface area contributed by atoms with Crippen LogP contribution in [-0.2, 0) is 0 Å². The number of benzene rings is 10. The van der Waals surface area contributed by atoms with Crippen LogP contribution in [0.15, 0.2) is 212 Å². The summed E-state index contributed by atoms with van der Waals surface area (Å²) in [5.41, 5.74) is 12.1. The highest BCUT2D eigenvalue weighted by atomic mass is 15.0. The zero-order valence-corrected chi connectivity index (χ0v) is 30.2. The molecule has 0 saturated heterocycles. The molecule has 1 nitrogen and oxygen atoms in total. The van der Waals surface area contributed by atoms with Crippen LogP contribution in [0.5, 0.6) is 0 Å². The number of rotatable bonds is 5. The van der Waals surface area contributed by atoms with Gasteiger partial charge in [-0.1, -0.05) is 176 Å². The predicted octanol–water partition coefficient (Wildman–Crippen LogP) is 14.9. The van der Waals surface area contributed by atoms with Crippen molar-refractivity contribution in [3.8, 4) is 50.3 Å². The molecule has 0 radical (unpaired) electrons. The van der Waals surface area contributed by atoms with E-state index < -0.39 is 0 Å². The fraction of sp³-hybridized carbons (Fsp3) is 0. The van der Waals surface area contributed by atoms with E-state index in [2.05, 4.69) is 217 Å². The van der Waals surface area contributed by atoms with Crippen LogP contribution in [0.2, 0.25) is 0 Å². The van der Waals surface area contributed by atoms with Crippen LogP contribution in [0.25, 0.3) is 104 Å². The molecule has 0 aliphatic carbocycles. The van der Waals surface area contributed by atoms with E-state index in [9.17, 15) is 0 Å². The highest BCUT2D eigenvalue weighted by molar-refractivity contribution is 6.25. The standard InChI is InChI=1S/C54H35N/c1-4-18-38(19-5-1)53-49-34-47-48(35-50(49)55(44-24-8-3-9-25-44)54(53)39-20-6-2-7-21-39)52(43-31-29-37-17-11-13-23-41(37)33-43)46-27-15-14-26-45(46)51(47)42-30-28-36-16-10-12-22-40(36)32-42/h1-35H. The van der Waals surface area contributed by atoms with Crippen molar-refractivity contribution in [2.24, 2.45) is 0 Å². The Kier molecular flexibility index (Phi) is 7.25. The zero-order chi connectivity index (χ0) is 36.3. The molecule has 11 rings (SSSR count). The van der Waals surface area contributed by atoms with Gasteiger partial charge in [-0.3, -0.25) is 0 Å². The number of aromatic nitrogens is 1. The van der Waals surface area contributed by atoms with Crippen LogP contribution < -0.4 is 0 Å². The first-order valence-electron chi connectivity index (χ1n) is 19.0. The monoisotopic (exact) mass is 697 g/mol. The van der Waals surface area contributed by atoms with E-state index in [0.717, 1.165) is 5.69 Å². The lowest BCUT2D eigenvalue weighted by atomic mass is 9.84.